The van der Waals surface area contributed by atoms with E-state index < -0.39 is 13.0 Å². The predicted octanol–water partition coefficient (Wildman–Crippen LogP) is 8.81. The van der Waals surface area contributed by atoms with Crippen LogP contribution in [0.15, 0.2) is 91.0 Å². The van der Waals surface area contributed by atoms with E-state index in [1.807, 2.05) is 0 Å². The quantitative estimate of drug-likeness (QED) is 0.132. The third-order valence-corrected chi connectivity index (χ3v) is 12.7. The van der Waals surface area contributed by atoms with Crippen molar-refractivity contribution in [3.63, 3.8) is 0 Å². The number of rotatable bonds is 16. The van der Waals surface area contributed by atoms with E-state index in [9.17, 15) is 0 Å². The van der Waals surface area contributed by atoms with Crippen molar-refractivity contribution in [2.45, 2.75) is 109 Å². The van der Waals surface area contributed by atoms with Crippen LogP contribution in [0.2, 0.25) is 0 Å². The van der Waals surface area contributed by atoms with Gasteiger partial charge in [0.05, 0.1) is 18.4 Å². The summed E-state index contributed by atoms with van der Waals surface area (Å²) < 4.78 is 13.0. The Hall–Kier alpha value is -1.99. The Morgan fingerprint density at radius 2 is 0.923 bits per heavy atom. The third-order valence-electron chi connectivity index (χ3n) is 8.20. The van der Waals surface area contributed by atoms with Crippen LogP contribution >= 0.6 is 7.26 Å². The molecule has 0 aliphatic carbocycles. The van der Waals surface area contributed by atoms with Gasteiger partial charge in [0.15, 0.2) is 5.79 Å². The number of benzene rings is 3. The molecule has 0 unspecified atom stereocenters. The highest BCUT2D eigenvalue weighted by molar-refractivity contribution is 7.95. The molecule has 0 saturated carbocycles. The van der Waals surface area contributed by atoms with Crippen molar-refractivity contribution in [1.82, 2.24) is 0 Å². The van der Waals surface area contributed by atoms with Crippen LogP contribution < -0.4 is 15.9 Å². The average Bonchev–Trinajstić information content (AvgIpc) is 3.27. The lowest BCUT2D eigenvalue weighted by Gasteiger charge is -2.28. The molecule has 0 aromatic heterocycles. The van der Waals surface area contributed by atoms with Gasteiger partial charge in [-0.3, -0.25) is 0 Å². The fourth-order valence-corrected chi connectivity index (χ4v) is 10.7. The van der Waals surface area contributed by atoms with E-state index >= 15 is 0 Å². The summed E-state index contributed by atoms with van der Waals surface area (Å²) in [6.07, 6.45) is 15.5. The fraction of sp³-hybridized carbons (Fsp3) is 0.500. The van der Waals surface area contributed by atoms with Gasteiger partial charge in [-0.15, -0.1) is 0 Å². The second-order valence-corrected chi connectivity index (χ2v) is 15.3. The zero-order chi connectivity index (χ0) is 27.4. The third kappa shape index (κ3) is 8.26. The summed E-state index contributed by atoms with van der Waals surface area (Å²) in [5, 5.41) is 4.38. The molecule has 3 heteroatoms. The number of ether oxygens (including phenoxy) is 2. The standard InChI is InChI=1S/C36H50O2P/c1-4-5-6-7-8-9-10-20-28-34-35(38-36(2,3)37-34)29-21-30-39(31-22-14-11-15-23-31,32-24-16-12-17-25-32)33-26-18-13-19-27-33/h11-19,22-27,34-35H,4-10,20-21,28-30H2,1-3H3/q+1/t34-,35+/m0/s1. The summed E-state index contributed by atoms with van der Waals surface area (Å²) >= 11 is 0. The lowest BCUT2D eigenvalue weighted by atomic mass is 10.0. The summed E-state index contributed by atoms with van der Waals surface area (Å²) in [7, 11) is -1.80. The SMILES string of the molecule is CCCCCCCCCC[C@@H]1OC(C)(C)O[C@@H]1CCC[P+](c1ccccc1)(c1ccccc1)c1ccccc1. The van der Waals surface area contributed by atoms with Crippen molar-refractivity contribution in [2.24, 2.45) is 0 Å². The minimum absolute atomic E-state index is 0.175. The minimum Gasteiger partial charge on any atom is -0.345 e. The van der Waals surface area contributed by atoms with Gasteiger partial charge in [0.25, 0.3) is 0 Å². The van der Waals surface area contributed by atoms with Crippen LogP contribution in [-0.4, -0.2) is 24.2 Å². The van der Waals surface area contributed by atoms with Crippen molar-refractivity contribution < 1.29 is 9.47 Å². The normalized spacial score (nSPS) is 18.8. The Morgan fingerprint density at radius 1 is 0.538 bits per heavy atom. The second-order valence-electron chi connectivity index (χ2n) is 11.7. The van der Waals surface area contributed by atoms with Gasteiger partial charge in [0.2, 0.25) is 0 Å². The van der Waals surface area contributed by atoms with Gasteiger partial charge in [0.1, 0.15) is 23.2 Å². The highest BCUT2D eigenvalue weighted by Gasteiger charge is 2.46. The van der Waals surface area contributed by atoms with Crippen LogP contribution in [0.5, 0.6) is 0 Å². The Morgan fingerprint density at radius 3 is 1.36 bits per heavy atom. The molecule has 4 rings (SSSR count). The predicted molar refractivity (Wildman–Crippen MR) is 170 cm³/mol. The molecule has 3 aromatic carbocycles. The topological polar surface area (TPSA) is 18.5 Å². The summed E-state index contributed by atoms with van der Waals surface area (Å²) in [6, 6.07) is 33.7. The smallest absolute Gasteiger partial charge is 0.163 e. The second kappa shape index (κ2) is 15.1. The molecular formula is C36H50O2P+. The molecule has 2 atom stereocenters. The Bertz CT molecular complexity index is 970. The molecule has 0 radical (unpaired) electrons. The first-order valence-corrected chi connectivity index (χ1v) is 17.4. The van der Waals surface area contributed by atoms with Gasteiger partial charge in [-0.2, -0.15) is 0 Å². The number of hydrogen-bond acceptors (Lipinski definition) is 2. The summed E-state index contributed by atoms with van der Waals surface area (Å²) in [4.78, 5) is 0. The van der Waals surface area contributed by atoms with E-state index in [-0.39, 0.29) is 12.2 Å². The molecule has 1 fully saturated rings. The van der Waals surface area contributed by atoms with Gasteiger partial charge in [-0.25, -0.2) is 0 Å². The van der Waals surface area contributed by atoms with E-state index in [4.69, 9.17) is 9.47 Å². The maximum absolute atomic E-state index is 6.51. The van der Waals surface area contributed by atoms with Crippen LogP contribution in [0.1, 0.15) is 91.4 Å². The molecule has 2 nitrogen and oxygen atoms in total. The maximum Gasteiger partial charge on any atom is 0.163 e. The molecule has 0 amide bonds. The number of unbranched alkanes of at least 4 members (excludes halogenated alkanes) is 7. The molecular weight excluding hydrogens is 495 g/mol. The van der Waals surface area contributed by atoms with E-state index in [0.29, 0.717) is 0 Å². The Labute approximate surface area is 238 Å². The maximum atomic E-state index is 6.51. The average molecular weight is 546 g/mol. The molecule has 0 spiro atoms. The Kier molecular flexibility index (Phi) is 11.6. The monoisotopic (exact) mass is 545 g/mol. The van der Waals surface area contributed by atoms with Crippen molar-refractivity contribution >= 4 is 23.2 Å². The molecule has 3 aromatic rings. The fourth-order valence-electron chi connectivity index (χ4n) is 6.29. The largest absolute Gasteiger partial charge is 0.345 e. The van der Waals surface area contributed by atoms with Crippen molar-refractivity contribution in [3.05, 3.63) is 91.0 Å². The minimum atomic E-state index is -1.80. The van der Waals surface area contributed by atoms with E-state index in [0.717, 1.165) is 25.4 Å². The van der Waals surface area contributed by atoms with E-state index in [1.54, 1.807) is 0 Å². The van der Waals surface area contributed by atoms with Gasteiger partial charge in [-0.1, -0.05) is 113 Å². The van der Waals surface area contributed by atoms with E-state index in [1.165, 1.54) is 67.3 Å². The molecule has 0 N–H and O–H groups in total. The molecule has 1 aliphatic rings. The lowest BCUT2D eigenvalue weighted by molar-refractivity contribution is -0.147. The van der Waals surface area contributed by atoms with Crippen molar-refractivity contribution in [1.29, 1.82) is 0 Å². The van der Waals surface area contributed by atoms with Crippen LogP contribution in [0.25, 0.3) is 0 Å². The highest BCUT2D eigenvalue weighted by Crippen LogP contribution is 2.56. The van der Waals surface area contributed by atoms with Gasteiger partial charge in [0, 0.05) is 0 Å². The molecule has 1 aliphatic heterocycles. The molecule has 1 saturated heterocycles. The summed E-state index contributed by atoms with van der Waals surface area (Å²) in [6.45, 7) is 6.46. The summed E-state index contributed by atoms with van der Waals surface area (Å²) in [5.41, 5.74) is 0. The van der Waals surface area contributed by atoms with Crippen molar-refractivity contribution in [2.75, 3.05) is 6.16 Å². The zero-order valence-corrected chi connectivity index (χ0v) is 25.5. The summed E-state index contributed by atoms with van der Waals surface area (Å²) in [5.74, 6) is -0.486. The first-order chi connectivity index (χ1) is 19.0. The molecule has 0 bridgehead atoms. The van der Waals surface area contributed by atoms with Crippen LogP contribution in [0, 0.1) is 0 Å². The molecule has 1 heterocycles. The highest BCUT2D eigenvalue weighted by atomic mass is 31.2. The molecule has 210 valence electrons. The van der Waals surface area contributed by atoms with Crippen LogP contribution in [-0.2, 0) is 9.47 Å². The van der Waals surface area contributed by atoms with Gasteiger partial charge in [-0.05, 0) is 69.5 Å². The van der Waals surface area contributed by atoms with Crippen LogP contribution in [0.3, 0.4) is 0 Å². The van der Waals surface area contributed by atoms with Gasteiger partial charge < -0.3 is 9.47 Å². The zero-order valence-electron chi connectivity index (χ0n) is 24.6. The molecule has 39 heavy (non-hydrogen) atoms. The Balaban J connectivity index is 1.45. The van der Waals surface area contributed by atoms with Gasteiger partial charge >= 0.3 is 0 Å². The first kappa shape index (κ1) is 30.0. The van der Waals surface area contributed by atoms with Crippen molar-refractivity contribution in [3.8, 4) is 0 Å². The number of hydrogen-bond donors (Lipinski definition) is 0. The van der Waals surface area contributed by atoms with Crippen LogP contribution in [0.4, 0.5) is 0 Å². The van der Waals surface area contributed by atoms with E-state index in [2.05, 4.69) is 112 Å². The lowest BCUT2D eigenvalue weighted by Crippen LogP contribution is -2.34. The first-order valence-electron chi connectivity index (χ1n) is 15.5.